The zero-order valence-electron chi connectivity index (χ0n) is 10.2. The number of ether oxygens (including phenoxy) is 1. The topological polar surface area (TPSA) is 55.6 Å². The Kier molecular flexibility index (Phi) is 3.33. The highest BCUT2D eigenvalue weighted by atomic mass is 16.5. The van der Waals surface area contributed by atoms with Gasteiger partial charge in [0, 0.05) is 24.9 Å². The van der Waals surface area contributed by atoms with Crippen molar-refractivity contribution in [3.8, 4) is 0 Å². The molecule has 1 saturated heterocycles. The molecule has 1 fully saturated rings. The van der Waals surface area contributed by atoms with Gasteiger partial charge in [0.2, 0.25) is 0 Å². The van der Waals surface area contributed by atoms with E-state index in [4.69, 9.17) is 10.5 Å². The lowest BCUT2D eigenvalue weighted by atomic mass is 10.1. The number of nitrogen functional groups attached to an aromatic ring is 1. The van der Waals surface area contributed by atoms with Gasteiger partial charge in [-0.2, -0.15) is 0 Å². The molecule has 0 saturated carbocycles. The molecule has 1 aliphatic heterocycles. The molecule has 17 heavy (non-hydrogen) atoms. The third kappa shape index (κ3) is 2.42. The fourth-order valence-electron chi connectivity index (χ4n) is 2.25. The van der Waals surface area contributed by atoms with Crippen LogP contribution in [0.15, 0.2) is 24.3 Å². The lowest BCUT2D eigenvalue weighted by Crippen LogP contribution is -2.41. The molecule has 1 aliphatic rings. The van der Waals surface area contributed by atoms with E-state index >= 15 is 0 Å². The summed E-state index contributed by atoms with van der Waals surface area (Å²) < 4.78 is 5.48. The number of benzene rings is 1. The molecule has 1 aromatic rings. The quantitative estimate of drug-likeness (QED) is 0.789. The molecule has 1 heterocycles. The minimum Gasteiger partial charge on any atom is -0.399 e. The zero-order chi connectivity index (χ0) is 12.4. The van der Waals surface area contributed by atoms with Crippen LogP contribution >= 0.6 is 0 Å². The monoisotopic (exact) mass is 234 g/mol. The highest BCUT2D eigenvalue weighted by Crippen LogP contribution is 2.20. The number of anilines is 1. The van der Waals surface area contributed by atoms with Crippen LogP contribution in [0.25, 0.3) is 0 Å². The van der Waals surface area contributed by atoms with Gasteiger partial charge in [-0.15, -0.1) is 0 Å². The summed E-state index contributed by atoms with van der Waals surface area (Å²) in [5.74, 6) is -0.000324. The van der Waals surface area contributed by atoms with E-state index in [1.54, 1.807) is 29.2 Å². The molecule has 4 nitrogen and oxygen atoms in total. The third-order valence-electron chi connectivity index (χ3n) is 3.29. The number of hydrogen-bond acceptors (Lipinski definition) is 3. The Hall–Kier alpha value is -1.55. The average Bonchev–Trinajstić information content (AvgIpc) is 2.73. The summed E-state index contributed by atoms with van der Waals surface area (Å²) in [6, 6.07) is 7.22. The van der Waals surface area contributed by atoms with E-state index in [0.717, 1.165) is 13.0 Å². The van der Waals surface area contributed by atoms with E-state index < -0.39 is 0 Å². The van der Waals surface area contributed by atoms with Gasteiger partial charge in [0.05, 0.1) is 12.1 Å². The van der Waals surface area contributed by atoms with Crippen LogP contribution in [0.2, 0.25) is 0 Å². The van der Waals surface area contributed by atoms with Crippen LogP contribution in [0.4, 0.5) is 5.69 Å². The second-order valence-electron chi connectivity index (χ2n) is 4.47. The second-order valence-corrected chi connectivity index (χ2v) is 4.47. The van der Waals surface area contributed by atoms with Gasteiger partial charge < -0.3 is 15.4 Å². The Morgan fingerprint density at radius 1 is 1.53 bits per heavy atom. The van der Waals surface area contributed by atoms with Crippen LogP contribution in [-0.2, 0) is 4.74 Å². The van der Waals surface area contributed by atoms with Crippen LogP contribution in [0.5, 0.6) is 0 Å². The van der Waals surface area contributed by atoms with E-state index in [1.807, 2.05) is 14.0 Å². The van der Waals surface area contributed by atoms with E-state index in [2.05, 4.69) is 0 Å². The molecule has 1 amide bonds. The van der Waals surface area contributed by atoms with E-state index in [-0.39, 0.29) is 18.1 Å². The maximum atomic E-state index is 12.2. The number of likely N-dealkylation sites (N-methyl/N-ethyl adjacent to an activating group) is 1. The van der Waals surface area contributed by atoms with Gasteiger partial charge in [-0.25, -0.2) is 0 Å². The van der Waals surface area contributed by atoms with Crippen molar-refractivity contribution < 1.29 is 9.53 Å². The maximum Gasteiger partial charge on any atom is 0.254 e. The van der Waals surface area contributed by atoms with Gasteiger partial charge in [0.15, 0.2) is 0 Å². The lowest BCUT2D eigenvalue weighted by Gasteiger charge is -2.26. The standard InChI is InChI=1S/C13H18N2O2/c1-9-12(6-7-17-9)15(2)13(16)10-4-3-5-11(14)8-10/h3-5,8-9,12H,6-7,14H2,1-2H3. The Morgan fingerprint density at radius 2 is 2.29 bits per heavy atom. The molecular weight excluding hydrogens is 216 g/mol. The summed E-state index contributed by atoms with van der Waals surface area (Å²) in [5.41, 5.74) is 6.92. The molecule has 0 bridgehead atoms. The number of carbonyl (C=O) groups excluding carboxylic acids is 1. The Morgan fingerprint density at radius 3 is 2.88 bits per heavy atom. The lowest BCUT2D eigenvalue weighted by molar-refractivity contribution is 0.0574. The molecule has 92 valence electrons. The molecule has 0 radical (unpaired) electrons. The van der Waals surface area contributed by atoms with Gasteiger partial charge in [0.1, 0.15) is 0 Å². The highest BCUT2D eigenvalue weighted by Gasteiger charge is 2.30. The summed E-state index contributed by atoms with van der Waals surface area (Å²) in [4.78, 5) is 14.0. The fourth-order valence-corrected chi connectivity index (χ4v) is 2.25. The van der Waals surface area contributed by atoms with E-state index in [0.29, 0.717) is 11.3 Å². The van der Waals surface area contributed by atoms with E-state index in [9.17, 15) is 4.79 Å². The number of amides is 1. The first kappa shape index (κ1) is 11.9. The Labute approximate surface area is 101 Å². The molecule has 2 atom stereocenters. The van der Waals surface area contributed by atoms with Crippen molar-refractivity contribution in [3.63, 3.8) is 0 Å². The number of hydrogen-bond donors (Lipinski definition) is 1. The van der Waals surface area contributed by atoms with Crippen molar-refractivity contribution >= 4 is 11.6 Å². The first-order valence-corrected chi connectivity index (χ1v) is 5.84. The van der Waals surface area contributed by atoms with Crippen molar-refractivity contribution in [2.45, 2.75) is 25.5 Å². The second kappa shape index (κ2) is 4.75. The Balaban J connectivity index is 2.14. The van der Waals surface area contributed by atoms with Crippen LogP contribution in [0, 0.1) is 0 Å². The largest absolute Gasteiger partial charge is 0.399 e. The third-order valence-corrected chi connectivity index (χ3v) is 3.29. The predicted octanol–water partition coefficient (Wildman–Crippen LogP) is 1.52. The number of nitrogens with two attached hydrogens (primary N) is 1. The van der Waals surface area contributed by atoms with Gasteiger partial charge in [-0.3, -0.25) is 4.79 Å². The van der Waals surface area contributed by atoms with E-state index in [1.165, 1.54) is 0 Å². The van der Waals surface area contributed by atoms with Gasteiger partial charge in [-0.1, -0.05) is 6.07 Å². The molecule has 2 rings (SSSR count). The smallest absolute Gasteiger partial charge is 0.254 e. The summed E-state index contributed by atoms with van der Waals surface area (Å²) in [6.07, 6.45) is 0.996. The summed E-state index contributed by atoms with van der Waals surface area (Å²) >= 11 is 0. The number of carbonyl (C=O) groups is 1. The molecule has 0 spiro atoms. The van der Waals surface area contributed by atoms with Crippen LogP contribution in [-0.4, -0.2) is 36.6 Å². The summed E-state index contributed by atoms with van der Waals surface area (Å²) in [7, 11) is 1.82. The molecule has 0 aromatic heterocycles. The van der Waals surface area contributed by atoms with Crippen molar-refractivity contribution in [1.82, 2.24) is 4.90 Å². The van der Waals surface area contributed by atoms with Crippen LogP contribution in [0.1, 0.15) is 23.7 Å². The zero-order valence-corrected chi connectivity index (χ0v) is 10.2. The van der Waals surface area contributed by atoms with Crippen LogP contribution < -0.4 is 5.73 Å². The molecule has 2 N–H and O–H groups in total. The van der Waals surface area contributed by atoms with Gasteiger partial charge in [-0.05, 0) is 31.5 Å². The van der Waals surface area contributed by atoms with Crippen molar-refractivity contribution in [2.24, 2.45) is 0 Å². The predicted molar refractivity (Wildman–Crippen MR) is 66.8 cm³/mol. The Bertz CT molecular complexity index is 420. The van der Waals surface area contributed by atoms with Gasteiger partial charge >= 0.3 is 0 Å². The van der Waals surface area contributed by atoms with Crippen molar-refractivity contribution in [2.75, 3.05) is 19.4 Å². The highest BCUT2D eigenvalue weighted by molar-refractivity contribution is 5.95. The molecule has 0 aliphatic carbocycles. The summed E-state index contributed by atoms with van der Waals surface area (Å²) in [6.45, 7) is 2.72. The normalized spacial score (nSPS) is 23.6. The van der Waals surface area contributed by atoms with Crippen molar-refractivity contribution in [3.05, 3.63) is 29.8 Å². The van der Waals surface area contributed by atoms with Crippen LogP contribution in [0.3, 0.4) is 0 Å². The molecule has 4 heteroatoms. The van der Waals surface area contributed by atoms with Gasteiger partial charge in [0.25, 0.3) is 5.91 Å². The summed E-state index contributed by atoms with van der Waals surface area (Å²) in [5, 5.41) is 0. The molecular formula is C13H18N2O2. The number of nitrogens with zero attached hydrogens (tertiary/aromatic N) is 1. The SMILES string of the molecule is CC1OCCC1N(C)C(=O)c1cccc(N)c1. The average molecular weight is 234 g/mol. The molecule has 2 unspecified atom stereocenters. The fraction of sp³-hybridized carbons (Fsp3) is 0.462. The minimum absolute atomic E-state index is 0.000324. The minimum atomic E-state index is -0.000324. The first-order valence-electron chi connectivity index (χ1n) is 5.84. The molecule has 1 aromatic carbocycles. The number of rotatable bonds is 2. The maximum absolute atomic E-state index is 12.2. The van der Waals surface area contributed by atoms with Crippen molar-refractivity contribution in [1.29, 1.82) is 0 Å². The first-order chi connectivity index (χ1) is 8.09.